The van der Waals surface area contributed by atoms with Crippen molar-refractivity contribution in [2.24, 2.45) is 5.92 Å². The van der Waals surface area contributed by atoms with Crippen molar-refractivity contribution in [3.05, 3.63) is 24.3 Å². The van der Waals surface area contributed by atoms with E-state index in [1.807, 2.05) is 0 Å². The zero-order valence-electron chi connectivity index (χ0n) is 9.80. The molecule has 0 spiro atoms. The summed E-state index contributed by atoms with van der Waals surface area (Å²) in [6.45, 7) is 0. The van der Waals surface area contributed by atoms with E-state index < -0.39 is 9.84 Å². The molecule has 0 amide bonds. The van der Waals surface area contributed by atoms with Gasteiger partial charge >= 0.3 is 0 Å². The Labute approximate surface area is 102 Å². The molecule has 17 heavy (non-hydrogen) atoms. The van der Waals surface area contributed by atoms with E-state index in [2.05, 4.69) is 0 Å². The lowest BCUT2D eigenvalue weighted by Gasteiger charge is -2.21. The summed E-state index contributed by atoms with van der Waals surface area (Å²) in [6, 6.07) is 5.81. The monoisotopic (exact) mass is 254 g/mol. The highest BCUT2D eigenvalue weighted by atomic mass is 32.2. The summed E-state index contributed by atoms with van der Waals surface area (Å²) in [7, 11) is -3.19. The molecule has 0 aromatic heterocycles. The van der Waals surface area contributed by atoms with Crippen LogP contribution in [0, 0.1) is 5.92 Å². The molecule has 0 radical (unpaired) electrons. The summed E-state index contributed by atoms with van der Waals surface area (Å²) in [4.78, 5) is 0.320. The second-order valence-corrected chi connectivity index (χ2v) is 6.81. The fourth-order valence-corrected chi connectivity index (χ4v) is 4.11. The van der Waals surface area contributed by atoms with E-state index in [9.17, 15) is 8.42 Å². The highest BCUT2D eigenvalue weighted by Gasteiger charge is 2.22. The molecule has 1 fully saturated rings. The van der Waals surface area contributed by atoms with Crippen molar-refractivity contribution in [3.8, 4) is 5.75 Å². The predicted octanol–water partition coefficient (Wildman–Crippen LogP) is 2.75. The molecular weight excluding hydrogens is 236 g/mol. The van der Waals surface area contributed by atoms with E-state index in [4.69, 9.17) is 5.11 Å². The normalized spacial score (nSPS) is 18.1. The molecule has 2 rings (SSSR count). The Hall–Kier alpha value is -1.03. The molecule has 1 aromatic rings. The second-order valence-electron chi connectivity index (χ2n) is 4.78. The average Bonchev–Trinajstić information content (AvgIpc) is 2.30. The fraction of sp³-hybridized carbons (Fsp3) is 0.538. The van der Waals surface area contributed by atoms with Gasteiger partial charge in [0.05, 0.1) is 10.6 Å². The quantitative estimate of drug-likeness (QED) is 0.902. The molecule has 1 aliphatic rings. The lowest BCUT2D eigenvalue weighted by atomic mass is 9.91. The van der Waals surface area contributed by atoms with Crippen LogP contribution in [-0.2, 0) is 9.84 Å². The molecule has 0 unspecified atom stereocenters. The topological polar surface area (TPSA) is 54.4 Å². The van der Waals surface area contributed by atoms with Crippen molar-refractivity contribution in [1.29, 1.82) is 0 Å². The number of phenolic OH excluding ortho intramolecular Hbond substituents is 1. The van der Waals surface area contributed by atoms with Gasteiger partial charge in [-0.2, -0.15) is 0 Å². The lowest BCUT2D eigenvalue weighted by Crippen LogP contribution is -2.18. The van der Waals surface area contributed by atoms with Gasteiger partial charge in [-0.25, -0.2) is 8.42 Å². The molecule has 1 aliphatic carbocycles. The van der Waals surface area contributed by atoms with Crippen LogP contribution in [0.3, 0.4) is 0 Å². The maximum Gasteiger partial charge on any atom is 0.178 e. The molecule has 1 N–H and O–H groups in total. The highest BCUT2D eigenvalue weighted by Crippen LogP contribution is 2.27. The van der Waals surface area contributed by atoms with Gasteiger partial charge in [0, 0.05) is 0 Å². The van der Waals surface area contributed by atoms with Crippen molar-refractivity contribution in [1.82, 2.24) is 0 Å². The first kappa shape index (κ1) is 12.4. The fourth-order valence-electron chi connectivity index (χ4n) is 2.41. The number of phenols is 1. The Morgan fingerprint density at radius 3 is 2.24 bits per heavy atom. The van der Waals surface area contributed by atoms with Gasteiger partial charge in [-0.1, -0.05) is 19.3 Å². The molecule has 0 bridgehead atoms. The van der Waals surface area contributed by atoms with E-state index in [1.54, 1.807) is 0 Å². The van der Waals surface area contributed by atoms with Gasteiger partial charge < -0.3 is 5.11 Å². The number of hydrogen-bond donors (Lipinski definition) is 1. The first-order valence-corrected chi connectivity index (χ1v) is 7.75. The average molecular weight is 254 g/mol. The van der Waals surface area contributed by atoms with Gasteiger partial charge in [-0.15, -0.1) is 0 Å². The van der Waals surface area contributed by atoms with Crippen molar-refractivity contribution in [2.75, 3.05) is 5.75 Å². The Kier molecular flexibility index (Phi) is 3.72. The van der Waals surface area contributed by atoms with Gasteiger partial charge in [0.2, 0.25) is 0 Å². The predicted molar refractivity (Wildman–Crippen MR) is 66.7 cm³/mol. The van der Waals surface area contributed by atoms with E-state index >= 15 is 0 Å². The van der Waals surface area contributed by atoms with E-state index in [0.29, 0.717) is 10.8 Å². The van der Waals surface area contributed by atoms with E-state index in [1.165, 1.54) is 30.7 Å². The van der Waals surface area contributed by atoms with Crippen LogP contribution >= 0.6 is 0 Å². The van der Waals surface area contributed by atoms with Crippen LogP contribution in [0.5, 0.6) is 5.75 Å². The largest absolute Gasteiger partial charge is 0.508 e. The van der Waals surface area contributed by atoms with E-state index in [-0.39, 0.29) is 11.5 Å². The Morgan fingerprint density at radius 1 is 1.06 bits per heavy atom. The molecule has 0 heterocycles. The zero-order chi connectivity index (χ0) is 12.3. The molecule has 4 heteroatoms. The third-order valence-electron chi connectivity index (χ3n) is 3.38. The smallest absolute Gasteiger partial charge is 0.178 e. The molecule has 94 valence electrons. The summed E-state index contributed by atoms with van der Waals surface area (Å²) in [5.74, 6) is 0.654. The van der Waals surface area contributed by atoms with Crippen LogP contribution in [-0.4, -0.2) is 19.3 Å². The molecular formula is C13H18O3S. The van der Waals surface area contributed by atoms with Crippen molar-refractivity contribution in [2.45, 2.75) is 37.0 Å². The van der Waals surface area contributed by atoms with Crippen LogP contribution in [0.25, 0.3) is 0 Å². The Morgan fingerprint density at radius 2 is 1.65 bits per heavy atom. The molecule has 0 saturated heterocycles. The number of aromatic hydroxyl groups is 1. The minimum atomic E-state index is -3.19. The molecule has 0 atom stereocenters. The number of sulfone groups is 1. The number of hydrogen-bond acceptors (Lipinski definition) is 3. The maximum absolute atomic E-state index is 12.1. The standard InChI is InChI=1S/C13H18O3S/c14-12-6-8-13(9-7-12)17(15,16)10-11-4-2-1-3-5-11/h6-9,11,14H,1-5,10H2. The molecule has 1 aromatic carbocycles. The third-order valence-corrected chi connectivity index (χ3v) is 5.28. The van der Waals surface area contributed by atoms with Crippen molar-refractivity contribution in [3.63, 3.8) is 0 Å². The SMILES string of the molecule is O=S(=O)(CC1CCCCC1)c1ccc(O)cc1. The van der Waals surface area contributed by atoms with Crippen LogP contribution in [0.2, 0.25) is 0 Å². The summed E-state index contributed by atoms with van der Waals surface area (Å²) < 4.78 is 24.3. The summed E-state index contributed by atoms with van der Waals surface area (Å²) in [5, 5.41) is 9.15. The van der Waals surface area contributed by atoms with Crippen molar-refractivity contribution < 1.29 is 13.5 Å². The minimum absolute atomic E-state index is 0.0987. The van der Waals surface area contributed by atoms with Crippen LogP contribution in [0.15, 0.2) is 29.2 Å². The second kappa shape index (κ2) is 5.08. The number of benzene rings is 1. The zero-order valence-corrected chi connectivity index (χ0v) is 10.6. The first-order valence-electron chi connectivity index (χ1n) is 6.10. The molecule has 0 aliphatic heterocycles. The molecule has 1 saturated carbocycles. The van der Waals surface area contributed by atoms with Gasteiger partial charge in [0.15, 0.2) is 9.84 Å². The van der Waals surface area contributed by atoms with Crippen LogP contribution in [0.1, 0.15) is 32.1 Å². The van der Waals surface area contributed by atoms with Crippen molar-refractivity contribution >= 4 is 9.84 Å². The first-order chi connectivity index (χ1) is 8.08. The Balaban J connectivity index is 2.10. The minimum Gasteiger partial charge on any atom is -0.508 e. The maximum atomic E-state index is 12.1. The molecule has 3 nitrogen and oxygen atoms in total. The third kappa shape index (κ3) is 3.22. The lowest BCUT2D eigenvalue weighted by molar-refractivity contribution is 0.385. The van der Waals surface area contributed by atoms with Gasteiger partial charge in [0.1, 0.15) is 5.75 Å². The summed E-state index contributed by atoms with van der Waals surface area (Å²) >= 11 is 0. The van der Waals surface area contributed by atoms with Gasteiger partial charge in [0.25, 0.3) is 0 Å². The van der Waals surface area contributed by atoms with Gasteiger partial charge in [-0.3, -0.25) is 0 Å². The van der Waals surface area contributed by atoms with E-state index in [0.717, 1.165) is 25.7 Å². The van der Waals surface area contributed by atoms with Crippen LogP contribution < -0.4 is 0 Å². The summed E-state index contributed by atoms with van der Waals surface area (Å²) in [6.07, 6.45) is 5.58. The summed E-state index contributed by atoms with van der Waals surface area (Å²) in [5.41, 5.74) is 0. The Bertz CT molecular complexity index is 456. The highest BCUT2D eigenvalue weighted by molar-refractivity contribution is 7.91. The number of rotatable bonds is 3. The van der Waals surface area contributed by atoms with Gasteiger partial charge in [-0.05, 0) is 43.0 Å². The van der Waals surface area contributed by atoms with Crippen LogP contribution in [0.4, 0.5) is 0 Å².